The predicted molar refractivity (Wildman–Crippen MR) is 54.8 cm³/mol. The maximum absolute atomic E-state index is 13.8. The van der Waals surface area contributed by atoms with E-state index in [1.165, 1.54) is 13.2 Å². The quantitative estimate of drug-likeness (QED) is 0.663. The molecule has 0 spiro atoms. The highest BCUT2D eigenvalue weighted by Gasteiger charge is 2.20. The molecule has 3 heteroatoms. The fraction of sp³-hybridized carbons (Fsp3) is 0.417. The summed E-state index contributed by atoms with van der Waals surface area (Å²) in [5, 5.41) is 0. The number of fused-ring (bicyclic) bond motifs is 1. The Hall–Kier alpha value is -1.38. The minimum atomic E-state index is -0.370. The van der Waals surface area contributed by atoms with Crippen LogP contribution in [0.25, 0.3) is 0 Å². The van der Waals surface area contributed by atoms with Gasteiger partial charge in [0.15, 0.2) is 17.3 Å². The molecule has 0 fully saturated rings. The van der Waals surface area contributed by atoms with Crippen molar-refractivity contribution in [1.82, 2.24) is 0 Å². The summed E-state index contributed by atoms with van der Waals surface area (Å²) < 4.78 is 18.7. The van der Waals surface area contributed by atoms with Crippen molar-refractivity contribution in [1.29, 1.82) is 0 Å². The summed E-state index contributed by atoms with van der Waals surface area (Å²) in [5.41, 5.74) is 1.06. The summed E-state index contributed by atoms with van der Waals surface area (Å²) in [7, 11) is 1.43. The van der Waals surface area contributed by atoms with Gasteiger partial charge in [-0.25, -0.2) is 4.39 Å². The molecule has 1 aliphatic carbocycles. The average molecular weight is 208 g/mol. The number of carbonyl (C=O) groups excluding carboxylic acids is 1. The zero-order valence-corrected chi connectivity index (χ0v) is 8.68. The lowest BCUT2D eigenvalue weighted by atomic mass is 10.0. The number of methoxy groups -OCH3 is 1. The van der Waals surface area contributed by atoms with E-state index < -0.39 is 0 Å². The lowest BCUT2D eigenvalue weighted by Gasteiger charge is -2.09. The normalized spacial score (nSPS) is 15.7. The van der Waals surface area contributed by atoms with E-state index >= 15 is 0 Å². The molecular weight excluding hydrogens is 195 g/mol. The SMILES string of the molecule is COc1ccc2c(c1F)CCCCC2=O. The molecule has 0 amide bonds. The molecule has 0 unspecified atom stereocenters. The topological polar surface area (TPSA) is 26.3 Å². The van der Waals surface area contributed by atoms with Crippen LogP contribution in [0.15, 0.2) is 12.1 Å². The maximum Gasteiger partial charge on any atom is 0.168 e. The van der Waals surface area contributed by atoms with E-state index in [1.807, 2.05) is 0 Å². The number of rotatable bonds is 1. The maximum atomic E-state index is 13.8. The Bertz CT molecular complexity index is 399. The van der Waals surface area contributed by atoms with Gasteiger partial charge in [0, 0.05) is 17.5 Å². The zero-order valence-electron chi connectivity index (χ0n) is 8.68. The second-order valence-electron chi connectivity index (χ2n) is 3.74. The molecule has 0 heterocycles. The van der Waals surface area contributed by atoms with Crippen LogP contribution in [0.1, 0.15) is 35.2 Å². The molecule has 2 rings (SSSR count). The molecule has 15 heavy (non-hydrogen) atoms. The van der Waals surface area contributed by atoms with Gasteiger partial charge in [0.25, 0.3) is 0 Å². The summed E-state index contributed by atoms with van der Waals surface area (Å²) in [5.74, 6) is -0.0993. The number of ether oxygens (including phenoxy) is 1. The van der Waals surface area contributed by atoms with Crippen molar-refractivity contribution >= 4 is 5.78 Å². The number of hydrogen-bond donors (Lipinski definition) is 0. The minimum absolute atomic E-state index is 0.0454. The average Bonchev–Trinajstić information content (AvgIpc) is 2.42. The molecule has 0 radical (unpaired) electrons. The molecule has 2 nitrogen and oxygen atoms in total. The van der Waals surface area contributed by atoms with Crippen LogP contribution in [-0.2, 0) is 6.42 Å². The van der Waals surface area contributed by atoms with Crippen molar-refractivity contribution < 1.29 is 13.9 Å². The lowest BCUT2D eigenvalue weighted by Crippen LogP contribution is -2.03. The third-order valence-electron chi connectivity index (χ3n) is 2.81. The van der Waals surface area contributed by atoms with Crippen LogP contribution in [-0.4, -0.2) is 12.9 Å². The van der Waals surface area contributed by atoms with Crippen molar-refractivity contribution in [3.8, 4) is 5.75 Å². The molecule has 0 saturated carbocycles. The van der Waals surface area contributed by atoms with Crippen molar-refractivity contribution in [2.75, 3.05) is 7.11 Å². The predicted octanol–water partition coefficient (Wildman–Crippen LogP) is 2.74. The summed E-state index contributed by atoms with van der Waals surface area (Å²) in [6.45, 7) is 0. The van der Waals surface area contributed by atoms with Crippen molar-refractivity contribution in [3.63, 3.8) is 0 Å². The molecule has 1 aromatic carbocycles. The number of halogens is 1. The van der Waals surface area contributed by atoms with Gasteiger partial charge < -0.3 is 4.74 Å². The number of carbonyl (C=O) groups is 1. The Kier molecular flexibility index (Phi) is 2.71. The van der Waals surface area contributed by atoms with Crippen LogP contribution in [0, 0.1) is 5.82 Å². The molecule has 0 aromatic heterocycles. The van der Waals surface area contributed by atoms with E-state index in [9.17, 15) is 9.18 Å². The second-order valence-corrected chi connectivity index (χ2v) is 3.74. The molecule has 0 atom stereocenters. The Morgan fingerprint density at radius 2 is 2.00 bits per heavy atom. The molecule has 80 valence electrons. The highest BCUT2D eigenvalue weighted by atomic mass is 19.1. The number of benzene rings is 1. The van der Waals surface area contributed by atoms with E-state index in [2.05, 4.69) is 0 Å². The molecule has 0 saturated heterocycles. The smallest absolute Gasteiger partial charge is 0.168 e. The van der Waals surface area contributed by atoms with Crippen molar-refractivity contribution in [2.24, 2.45) is 0 Å². The summed E-state index contributed by atoms with van der Waals surface area (Å²) in [4.78, 5) is 11.6. The minimum Gasteiger partial charge on any atom is -0.494 e. The summed E-state index contributed by atoms with van der Waals surface area (Å²) in [6, 6.07) is 3.20. The van der Waals surface area contributed by atoms with Crippen LogP contribution >= 0.6 is 0 Å². The molecule has 1 aromatic rings. The van der Waals surface area contributed by atoms with Gasteiger partial charge in [-0.3, -0.25) is 4.79 Å². The highest BCUT2D eigenvalue weighted by molar-refractivity contribution is 5.98. The van der Waals surface area contributed by atoms with Gasteiger partial charge in [0.05, 0.1) is 7.11 Å². The number of hydrogen-bond acceptors (Lipinski definition) is 2. The van der Waals surface area contributed by atoms with Crippen molar-refractivity contribution in [2.45, 2.75) is 25.7 Å². The number of Topliss-reactive ketones (excluding diaryl/α,β-unsaturated/α-hetero) is 1. The molecule has 0 bridgehead atoms. The molecular formula is C12H13FO2. The first-order chi connectivity index (χ1) is 7.24. The summed E-state index contributed by atoms with van der Waals surface area (Å²) in [6.07, 6.45) is 2.86. The fourth-order valence-electron chi connectivity index (χ4n) is 1.99. The largest absolute Gasteiger partial charge is 0.494 e. The zero-order chi connectivity index (χ0) is 10.8. The fourth-order valence-corrected chi connectivity index (χ4v) is 1.99. The second kappa shape index (κ2) is 4.01. The van der Waals surface area contributed by atoms with Crippen LogP contribution in [0.5, 0.6) is 5.75 Å². The van der Waals surface area contributed by atoms with Crippen LogP contribution in [0.4, 0.5) is 4.39 Å². The first-order valence-corrected chi connectivity index (χ1v) is 5.12. The van der Waals surface area contributed by atoms with Gasteiger partial charge >= 0.3 is 0 Å². The van der Waals surface area contributed by atoms with Gasteiger partial charge in [0.2, 0.25) is 0 Å². The Labute approximate surface area is 88.1 Å². The van der Waals surface area contributed by atoms with E-state index in [-0.39, 0.29) is 17.3 Å². The Morgan fingerprint density at radius 3 is 2.73 bits per heavy atom. The monoisotopic (exact) mass is 208 g/mol. The van der Waals surface area contributed by atoms with E-state index in [4.69, 9.17) is 4.74 Å². The first kappa shape index (κ1) is 10.1. The van der Waals surface area contributed by atoms with Crippen LogP contribution in [0.2, 0.25) is 0 Å². The molecule has 0 aliphatic heterocycles. The Morgan fingerprint density at radius 1 is 1.27 bits per heavy atom. The third-order valence-corrected chi connectivity index (χ3v) is 2.81. The van der Waals surface area contributed by atoms with Crippen LogP contribution in [0.3, 0.4) is 0 Å². The van der Waals surface area contributed by atoms with Gasteiger partial charge in [-0.2, -0.15) is 0 Å². The van der Waals surface area contributed by atoms with E-state index in [1.54, 1.807) is 6.07 Å². The molecule has 0 N–H and O–H groups in total. The Balaban J connectivity index is 2.55. The number of ketones is 1. The van der Waals surface area contributed by atoms with Gasteiger partial charge in [-0.1, -0.05) is 0 Å². The van der Waals surface area contributed by atoms with Gasteiger partial charge in [0.1, 0.15) is 0 Å². The van der Waals surface area contributed by atoms with Gasteiger partial charge in [-0.05, 0) is 31.4 Å². The van der Waals surface area contributed by atoms with E-state index in [0.717, 1.165) is 12.8 Å². The molecule has 1 aliphatic rings. The van der Waals surface area contributed by atoms with Gasteiger partial charge in [-0.15, -0.1) is 0 Å². The standard InChI is InChI=1S/C12H13FO2/c1-15-11-7-6-8-9(12(11)13)4-2-3-5-10(8)14/h6-7H,2-5H2,1H3. The first-order valence-electron chi connectivity index (χ1n) is 5.12. The third kappa shape index (κ3) is 1.74. The van der Waals surface area contributed by atoms with E-state index in [0.29, 0.717) is 24.0 Å². The summed E-state index contributed by atoms with van der Waals surface area (Å²) >= 11 is 0. The van der Waals surface area contributed by atoms with Crippen LogP contribution < -0.4 is 4.74 Å². The highest BCUT2D eigenvalue weighted by Crippen LogP contribution is 2.28. The lowest BCUT2D eigenvalue weighted by molar-refractivity contribution is 0.0981. The van der Waals surface area contributed by atoms with Crippen molar-refractivity contribution in [3.05, 3.63) is 29.1 Å².